The lowest BCUT2D eigenvalue weighted by molar-refractivity contribution is -0.0594. The third kappa shape index (κ3) is 8.16. The minimum atomic E-state index is -4.48. The molecule has 1 fully saturated rings. The minimum absolute atomic E-state index is 0.242. The fourth-order valence-corrected chi connectivity index (χ4v) is 4.52. The Morgan fingerprint density at radius 3 is 1.43 bits per heavy atom. The summed E-state index contributed by atoms with van der Waals surface area (Å²) >= 11 is 0. The molecule has 1 atom stereocenters. The molecular weight excluding hydrogens is 311 g/mol. The Morgan fingerprint density at radius 2 is 1.04 bits per heavy atom. The van der Waals surface area contributed by atoms with Crippen molar-refractivity contribution in [2.45, 2.75) is 110 Å². The molecule has 0 unspecified atom stereocenters. The van der Waals surface area contributed by atoms with Gasteiger partial charge in [-0.1, -0.05) is 84.5 Å². The summed E-state index contributed by atoms with van der Waals surface area (Å²) in [6.45, 7) is 6.09. The molecule has 0 spiro atoms. The summed E-state index contributed by atoms with van der Waals surface area (Å²) < 4.78 is 16.8. The van der Waals surface area contributed by atoms with Crippen molar-refractivity contribution < 1.29 is 18.9 Å². The first-order valence-electron chi connectivity index (χ1n) is 9.43. The van der Waals surface area contributed by atoms with Crippen LogP contribution in [-0.4, -0.2) is 15.4 Å². The largest absolute Gasteiger partial charge is 0.470 e. The third-order valence-electron chi connectivity index (χ3n) is 5.71. The first-order chi connectivity index (χ1) is 10.7. The van der Waals surface area contributed by atoms with Gasteiger partial charge < -0.3 is 9.79 Å². The first kappa shape index (κ1) is 21.2. The van der Waals surface area contributed by atoms with Crippen LogP contribution < -0.4 is 0 Å². The molecule has 23 heavy (non-hydrogen) atoms. The molecule has 0 bridgehead atoms. The molecule has 5 heteroatoms. The van der Waals surface area contributed by atoms with Gasteiger partial charge in [0, 0.05) is 0 Å². The van der Waals surface area contributed by atoms with Crippen LogP contribution in [0.4, 0.5) is 0 Å². The van der Waals surface area contributed by atoms with Gasteiger partial charge in [0.05, 0.1) is 5.60 Å². The van der Waals surface area contributed by atoms with Crippen LogP contribution in [0.2, 0.25) is 0 Å². The second-order valence-corrected chi connectivity index (χ2v) is 9.25. The van der Waals surface area contributed by atoms with Crippen LogP contribution in [0.15, 0.2) is 0 Å². The lowest BCUT2D eigenvalue weighted by Gasteiger charge is -2.44. The van der Waals surface area contributed by atoms with E-state index in [0.717, 1.165) is 25.7 Å². The van der Waals surface area contributed by atoms with Crippen LogP contribution in [0.5, 0.6) is 0 Å². The average Bonchev–Trinajstić information content (AvgIpc) is 2.41. The molecule has 1 rings (SSSR count). The zero-order valence-electron chi connectivity index (χ0n) is 15.4. The van der Waals surface area contributed by atoms with Gasteiger partial charge in [-0.25, -0.2) is 4.57 Å². The van der Waals surface area contributed by atoms with E-state index in [0.29, 0.717) is 6.42 Å². The SMILES string of the molecule is CC1(C)CCCCCCCCCCCCC[C@@]1(C)OP(=O)(O)O. The monoisotopic (exact) mass is 348 g/mol. The van der Waals surface area contributed by atoms with Gasteiger partial charge in [-0.05, 0) is 25.2 Å². The van der Waals surface area contributed by atoms with Crippen LogP contribution >= 0.6 is 7.82 Å². The Hall–Kier alpha value is 0.110. The van der Waals surface area contributed by atoms with Crippen molar-refractivity contribution >= 4 is 7.82 Å². The quantitative estimate of drug-likeness (QED) is 0.604. The molecule has 0 saturated heterocycles. The summed E-state index contributed by atoms with van der Waals surface area (Å²) in [6.07, 6.45) is 15.2. The molecule has 138 valence electrons. The maximum atomic E-state index is 11.5. The summed E-state index contributed by atoms with van der Waals surface area (Å²) in [5.41, 5.74) is -1.01. The molecular formula is C18H37O4P. The topological polar surface area (TPSA) is 66.8 Å². The maximum Gasteiger partial charge on any atom is 0.470 e. The van der Waals surface area contributed by atoms with Crippen LogP contribution in [0.3, 0.4) is 0 Å². The van der Waals surface area contributed by atoms with Crippen LogP contribution in [-0.2, 0) is 9.09 Å². The normalized spacial score (nSPS) is 29.4. The van der Waals surface area contributed by atoms with Crippen LogP contribution in [0.1, 0.15) is 104 Å². The van der Waals surface area contributed by atoms with Gasteiger partial charge in [-0.15, -0.1) is 0 Å². The van der Waals surface area contributed by atoms with E-state index in [1.165, 1.54) is 51.4 Å². The van der Waals surface area contributed by atoms with Crippen LogP contribution in [0.25, 0.3) is 0 Å². The van der Waals surface area contributed by atoms with Crippen LogP contribution in [0, 0.1) is 5.41 Å². The maximum absolute atomic E-state index is 11.5. The number of hydrogen-bond donors (Lipinski definition) is 2. The molecule has 0 aromatic heterocycles. The summed E-state index contributed by atoms with van der Waals surface area (Å²) in [7, 11) is -4.48. The zero-order valence-corrected chi connectivity index (χ0v) is 16.2. The molecule has 1 saturated carbocycles. The van der Waals surface area contributed by atoms with E-state index < -0.39 is 13.4 Å². The number of phosphoric ester groups is 1. The van der Waals surface area contributed by atoms with E-state index in [9.17, 15) is 14.4 Å². The van der Waals surface area contributed by atoms with Crippen molar-refractivity contribution in [3.05, 3.63) is 0 Å². The highest BCUT2D eigenvalue weighted by molar-refractivity contribution is 7.46. The summed E-state index contributed by atoms with van der Waals surface area (Å²) in [4.78, 5) is 18.7. The molecule has 0 aromatic rings. The van der Waals surface area contributed by atoms with E-state index in [-0.39, 0.29) is 5.41 Å². The van der Waals surface area contributed by atoms with Gasteiger partial charge in [-0.3, -0.25) is 4.52 Å². The molecule has 1 aliphatic carbocycles. The fourth-order valence-electron chi connectivity index (χ4n) is 3.65. The molecule has 0 aromatic carbocycles. The van der Waals surface area contributed by atoms with E-state index in [2.05, 4.69) is 13.8 Å². The molecule has 1 aliphatic rings. The Balaban J connectivity index is 2.76. The first-order valence-corrected chi connectivity index (χ1v) is 11.0. The molecule has 0 aliphatic heterocycles. The standard InChI is InChI=1S/C18H37O4P/c1-17(2)15-13-11-9-7-5-4-6-8-10-12-14-16-18(17,3)22-23(19,20)21/h4-16H2,1-3H3,(H2,19,20,21)/t18-/m1/s1. The summed E-state index contributed by atoms with van der Waals surface area (Å²) in [5.74, 6) is 0. The van der Waals surface area contributed by atoms with Crippen molar-refractivity contribution in [2.75, 3.05) is 0 Å². The second-order valence-electron chi connectivity index (χ2n) is 8.09. The predicted octanol–water partition coefficient (Wildman–Crippen LogP) is 5.97. The fraction of sp³-hybridized carbons (Fsp3) is 1.00. The smallest absolute Gasteiger partial charge is 0.303 e. The Bertz CT molecular complexity index is 377. The Labute approximate surface area is 142 Å². The van der Waals surface area contributed by atoms with Gasteiger partial charge in [0.15, 0.2) is 0 Å². The van der Waals surface area contributed by atoms with Gasteiger partial charge in [0.2, 0.25) is 0 Å². The minimum Gasteiger partial charge on any atom is -0.303 e. The number of phosphoric acid groups is 1. The van der Waals surface area contributed by atoms with E-state index in [1.807, 2.05) is 6.92 Å². The lowest BCUT2D eigenvalue weighted by Crippen LogP contribution is -2.43. The molecule has 4 nitrogen and oxygen atoms in total. The number of rotatable bonds is 2. The van der Waals surface area contributed by atoms with Crippen molar-refractivity contribution in [3.63, 3.8) is 0 Å². The van der Waals surface area contributed by atoms with Crippen molar-refractivity contribution in [3.8, 4) is 0 Å². The molecule has 0 amide bonds. The van der Waals surface area contributed by atoms with Crippen molar-refractivity contribution in [1.29, 1.82) is 0 Å². The Morgan fingerprint density at radius 1 is 0.696 bits per heavy atom. The molecule has 2 N–H and O–H groups in total. The van der Waals surface area contributed by atoms with Gasteiger partial charge >= 0.3 is 7.82 Å². The van der Waals surface area contributed by atoms with E-state index >= 15 is 0 Å². The zero-order chi connectivity index (χ0) is 17.4. The van der Waals surface area contributed by atoms with E-state index in [4.69, 9.17) is 4.52 Å². The van der Waals surface area contributed by atoms with Gasteiger partial charge in [0.1, 0.15) is 0 Å². The van der Waals surface area contributed by atoms with Crippen molar-refractivity contribution in [2.24, 2.45) is 5.41 Å². The highest BCUT2D eigenvalue weighted by Crippen LogP contribution is 2.51. The number of hydrogen-bond acceptors (Lipinski definition) is 2. The lowest BCUT2D eigenvalue weighted by atomic mass is 9.70. The van der Waals surface area contributed by atoms with Gasteiger partial charge in [0.25, 0.3) is 0 Å². The predicted molar refractivity (Wildman–Crippen MR) is 95.3 cm³/mol. The summed E-state index contributed by atoms with van der Waals surface area (Å²) in [6, 6.07) is 0. The molecule has 0 radical (unpaired) electrons. The summed E-state index contributed by atoms with van der Waals surface area (Å²) in [5, 5.41) is 0. The third-order valence-corrected chi connectivity index (χ3v) is 6.35. The van der Waals surface area contributed by atoms with E-state index in [1.54, 1.807) is 0 Å². The highest BCUT2D eigenvalue weighted by Gasteiger charge is 2.45. The second kappa shape index (κ2) is 9.56. The van der Waals surface area contributed by atoms with Crippen molar-refractivity contribution in [1.82, 2.24) is 0 Å². The Kier molecular flexibility index (Phi) is 8.79. The highest BCUT2D eigenvalue weighted by atomic mass is 31.2. The molecule has 0 heterocycles. The average molecular weight is 348 g/mol. The van der Waals surface area contributed by atoms with Gasteiger partial charge in [-0.2, -0.15) is 0 Å².